The Balaban J connectivity index is 0.00000448. The van der Waals surface area contributed by atoms with Gasteiger partial charge in [-0.2, -0.15) is 16.7 Å². The zero-order valence-corrected chi connectivity index (χ0v) is 33.4. The number of hydrogen-bond acceptors (Lipinski definition) is 3. The van der Waals surface area contributed by atoms with Crippen LogP contribution >= 0.6 is 0 Å². The SMILES string of the molecule is Cc1c(C)c(C)c(-c2cnn(-c3[c-]c(Oc4[c-]c5c(cc4)c4ccccc4n5-c4cc(CC(C)C)ccn4)cc(CC(C)C)c3)c2)c(C)c1C.[Pt+2]. The zero-order chi connectivity index (χ0) is 35.3. The molecule has 3 heterocycles. The van der Waals surface area contributed by atoms with Gasteiger partial charge in [-0.3, -0.25) is 4.68 Å². The van der Waals surface area contributed by atoms with E-state index in [4.69, 9.17) is 14.8 Å². The van der Waals surface area contributed by atoms with Gasteiger partial charge >= 0.3 is 21.1 Å². The van der Waals surface area contributed by atoms with Crippen LogP contribution in [-0.2, 0) is 33.9 Å². The second kappa shape index (κ2) is 14.6. The van der Waals surface area contributed by atoms with Crippen molar-refractivity contribution in [3.8, 4) is 34.1 Å². The molecule has 0 amide bonds. The minimum Gasteiger partial charge on any atom is -0.509 e. The smallest absolute Gasteiger partial charge is 0.509 e. The van der Waals surface area contributed by atoms with E-state index in [1.54, 1.807) is 0 Å². The summed E-state index contributed by atoms with van der Waals surface area (Å²) in [7, 11) is 0. The molecule has 0 aliphatic heterocycles. The summed E-state index contributed by atoms with van der Waals surface area (Å²) >= 11 is 0. The molecule has 0 bridgehead atoms. The van der Waals surface area contributed by atoms with E-state index < -0.39 is 0 Å². The maximum atomic E-state index is 6.62. The summed E-state index contributed by atoms with van der Waals surface area (Å²) in [6, 6.07) is 28.3. The molecule has 0 fully saturated rings. The summed E-state index contributed by atoms with van der Waals surface area (Å²) in [5.41, 5.74) is 14.3. The molecule has 6 heteroatoms. The van der Waals surface area contributed by atoms with Crippen molar-refractivity contribution in [1.82, 2.24) is 19.3 Å². The first-order valence-electron chi connectivity index (χ1n) is 17.8. The third kappa shape index (κ3) is 7.06. The molecule has 0 aliphatic rings. The maximum absolute atomic E-state index is 6.62. The molecule has 0 saturated carbocycles. The number of para-hydroxylation sites is 1. The molecule has 3 aromatic heterocycles. The molecule has 0 N–H and O–H groups in total. The maximum Gasteiger partial charge on any atom is 2.00 e. The molecule has 7 aromatic rings. The third-order valence-corrected chi connectivity index (χ3v) is 10.1. The monoisotopic (exact) mass is 853 g/mol. The van der Waals surface area contributed by atoms with Gasteiger partial charge in [0.1, 0.15) is 5.82 Å². The van der Waals surface area contributed by atoms with Crippen molar-refractivity contribution in [3.05, 3.63) is 130 Å². The van der Waals surface area contributed by atoms with Crippen molar-refractivity contribution < 1.29 is 25.8 Å². The summed E-state index contributed by atoms with van der Waals surface area (Å²) in [4.78, 5) is 4.82. The van der Waals surface area contributed by atoms with Gasteiger partial charge in [-0.15, -0.1) is 35.7 Å². The Morgan fingerprint density at radius 1 is 0.706 bits per heavy atom. The first-order valence-corrected chi connectivity index (χ1v) is 17.8. The predicted molar refractivity (Wildman–Crippen MR) is 206 cm³/mol. The molecule has 0 spiro atoms. The van der Waals surface area contributed by atoms with E-state index in [0.29, 0.717) is 23.3 Å². The predicted octanol–water partition coefficient (Wildman–Crippen LogP) is 11.4. The van der Waals surface area contributed by atoms with Crippen molar-refractivity contribution in [3.63, 3.8) is 0 Å². The Kier molecular flexibility index (Phi) is 10.4. The number of benzene rings is 4. The van der Waals surface area contributed by atoms with E-state index in [9.17, 15) is 0 Å². The molecule has 7 rings (SSSR count). The van der Waals surface area contributed by atoms with Gasteiger partial charge in [0.05, 0.1) is 6.20 Å². The Morgan fingerprint density at radius 3 is 2.12 bits per heavy atom. The van der Waals surface area contributed by atoms with Crippen LogP contribution in [0.3, 0.4) is 0 Å². The Bertz CT molecular complexity index is 2350. The van der Waals surface area contributed by atoms with Crippen LogP contribution in [-0.4, -0.2) is 19.3 Å². The molecule has 4 aromatic carbocycles. The van der Waals surface area contributed by atoms with E-state index in [0.717, 1.165) is 51.7 Å². The van der Waals surface area contributed by atoms with E-state index in [1.165, 1.54) is 44.5 Å². The van der Waals surface area contributed by atoms with Crippen LogP contribution in [0.5, 0.6) is 11.5 Å². The van der Waals surface area contributed by atoms with Gasteiger partial charge < -0.3 is 9.30 Å². The van der Waals surface area contributed by atoms with E-state index >= 15 is 0 Å². The Hall–Kier alpha value is -4.47. The summed E-state index contributed by atoms with van der Waals surface area (Å²) in [5.74, 6) is 3.18. The first-order chi connectivity index (χ1) is 24.0. The summed E-state index contributed by atoms with van der Waals surface area (Å²) in [6.07, 6.45) is 7.91. The average molecular weight is 854 g/mol. The summed E-state index contributed by atoms with van der Waals surface area (Å²) < 4.78 is 10.8. The second-order valence-corrected chi connectivity index (χ2v) is 14.7. The molecule has 5 nitrogen and oxygen atoms in total. The van der Waals surface area contributed by atoms with Gasteiger partial charge in [0.2, 0.25) is 0 Å². The van der Waals surface area contributed by atoms with Gasteiger partial charge in [-0.1, -0.05) is 51.4 Å². The van der Waals surface area contributed by atoms with Gasteiger partial charge in [-0.25, -0.2) is 4.98 Å². The molecule has 262 valence electrons. The molecule has 0 atom stereocenters. The van der Waals surface area contributed by atoms with Crippen molar-refractivity contribution in [2.75, 3.05) is 0 Å². The molecular formula is C45H46N4OPt. The quantitative estimate of drug-likeness (QED) is 0.136. The van der Waals surface area contributed by atoms with Gasteiger partial charge in [0.25, 0.3) is 0 Å². The Morgan fingerprint density at radius 2 is 1.39 bits per heavy atom. The van der Waals surface area contributed by atoms with Gasteiger partial charge in [0, 0.05) is 35.0 Å². The fourth-order valence-electron chi connectivity index (χ4n) is 7.34. The first kappa shape index (κ1) is 36.3. The van der Waals surface area contributed by atoms with Gasteiger partial charge in [-0.05, 0) is 128 Å². The largest absolute Gasteiger partial charge is 2.00 e. The molecule has 0 unspecified atom stereocenters. The summed E-state index contributed by atoms with van der Waals surface area (Å²) in [6.45, 7) is 20.0. The fraction of sp³-hybridized carbons (Fsp3) is 0.289. The normalized spacial score (nSPS) is 11.6. The van der Waals surface area contributed by atoms with E-state index in [1.807, 2.05) is 23.1 Å². The van der Waals surface area contributed by atoms with Gasteiger partial charge in [0.15, 0.2) is 0 Å². The van der Waals surface area contributed by atoms with Crippen LogP contribution < -0.4 is 4.74 Å². The van der Waals surface area contributed by atoms with Crippen LogP contribution in [0.4, 0.5) is 0 Å². The van der Waals surface area contributed by atoms with Crippen LogP contribution in [0, 0.1) is 58.6 Å². The number of hydrogen-bond donors (Lipinski definition) is 0. The van der Waals surface area contributed by atoms with Crippen molar-refractivity contribution >= 4 is 21.8 Å². The van der Waals surface area contributed by atoms with Crippen LogP contribution in [0.15, 0.2) is 79.3 Å². The molecular weight excluding hydrogens is 808 g/mol. The van der Waals surface area contributed by atoms with E-state index in [2.05, 4.69) is 140 Å². The average Bonchev–Trinajstić information content (AvgIpc) is 3.69. The molecule has 0 radical (unpaired) electrons. The molecule has 0 aliphatic carbocycles. The van der Waals surface area contributed by atoms with Crippen LogP contribution in [0.25, 0.3) is 44.4 Å². The minimum atomic E-state index is 0. The summed E-state index contributed by atoms with van der Waals surface area (Å²) in [5, 5.41) is 7.11. The number of rotatable bonds is 9. The number of nitrogens with zero attached hydrogens (tertiary/aromatic N) is 4. The van der Waals surface area contributed by atoms with Crippen LogP contribution in [0.1, 0.15) is 66.6 Å². The number of ether oxygens (including phenoxy) is 1. The topological polar surface area (TPSA) is 44.9 Å². The molecule has 51 heavy (non-hydrogen) atoms. The molecule has 0 saturated heterocycles. The van der Waals surface area contributed by atoms with Crippen LogP contribution in [0.2, 0.25) is 0 Å². The third-order valence-electron chi connectivity index (χ3n) is 10.1. The van der Waals surface area contributed by atoms with Crippen molar-refractivity contribution in [2.45, 2.75) is 75.2 Å². The van der Waals surface area contributed by atoms with Crippen molar-refractivity contribution in [1.29, 1.82) is 0 Å². The zero-order valence-electron chi connectivity index (χ0n) is 31.1. The number of fused-ring (bicyclic) bond motifs is 3. The fourth-order valence-corrected chi connectivity index (χ4v) is 7.34. The minimum absolute atomic E-state index is 0. The Labute approximate surface area is 317 Å². The number of aromatic nitrogens is 4. The number of pyridine rings is 1. The van der Waals surface area contributed by atoms with Crippen molar-refractivity contribution in [2.24, 2.45) is 11.8 Å². The standard InChI is InChI=1S/C45H46N4O.Pt/c1-27(2)18-34-16-17-46-44(22-34)49-42-13-11-10-12-40(42)41-15-14-38(24-43(41)49)50-39-21-35(19-28(3)4)20-37(23-39)48-26-36(25-47-48)45-32(8)30(6)29(5)31(7)33(45)9;/h10-17,20-22,25-28H,18-19H2,1-9H3;/q-2;+2. The van der Waals surface area contributed by atoms with E-state index in [-0.39, 0.29) is 21.1 Å². The second-order valence-electron chi connectivity index (χ2n) is 14.7.